The minimum Gasteiger partial charge on any atom is -0.378 e. The van der Waals surface area contributed by atoms with Crippen LogP contribution in [-0.4, -0.2) is 20.0 Å². The van der Waals surface area contributed by atoms with Gasteiger partial charge >= 0.3 is 10.1 Å². The number of hydrogen-bond donors (Lipinski definition) is 0. The normalized spacial score (nSPS) is 11.1. The Bertz CT molecular complexity index is 870. The third-order valence-electron chi connectivity index (χ3n) is 3.07. The molecule has 0 N–H and O–H groups in total. The fourth-order valence-electron chi connectivity index (χ4n) is 1.87. The van der Waals surface area contributed by atoms with Crippen LogP contribution in [0.1, 0.15) is 34.6 Å². The molecule has 0 saturated heterocycles. The maximum absolute atomic E-state index is 12.3. The number of ketones is 2. The van der Waals surface area contributed by atoms with Crippen molar-refractivity contribution in [3.63, 3.8) is 0 Å². The number of carbonyl (C=O) groups is 2. The van der Waals surface area contributed by atoms with E-state index in [-0.39, 0.29) is 27.8 Å². The molecule has 0 unspecified atom stereocenters. The van der Waals surface area contributed by atoms with Gasteiger partial charge in [-0.15, -0.1) is 0 Å². The van der Waals surface area contributed by atoms with Crippen molar-refractivity contribution in [1.82, 2.24) is 0 Å². The fourth-order valence-corrected chi connectivity index (χ4v) is 3.18. The Morgan fingerprint density at radius 2 is 1.57 bits per heavy atom. The lowest BCUT2D eigenvalue weighted by Gasteiger charge is -2.10. The van der Waals surface area contributed by atoms with Crippen molar-refractivity contribution in [3.8, 4) is 5.75 Å². The van der Waals surface area contributed by atoms with E-state index in [9.17, 15) is 18.0 Å². The van der Waals surface area contributed by atoms with Crippen molar-refractivity contribution in [1.29, 1.82) is 0 Å². The first kappa shape index (κ1) is 17.4. The second-order valence-electron chi connectivity index (χ2n) is 4.81. The molecule has 0 aliphatic rings. The molecular weight excluding hydrogens is 384 g/mol. The van der Waals surface area contributed by atoms with Gasteiger partial charge in [-0.05, 0) is 44.2 Å². The molecule has 0 aliphatic carbocycles. The van der Waals surface area contributed by atoms with Gasteiger partial charge < -0.3 is 4.18 Å². The van der Waals surface area contributed by atoms with Gasteiger partial charge in [0.05, 0.1) is 5.56 Å². The van der Waals surface area contributed by atoms with E-state index in [1.165, 1.54) is 50.2 Å². The molecule has 2 aromatic rings. The second-order valence-corrected chi connectivity index (χ2v) is 7.28. The van der Waals surface area contributed by atoms with Gasteiger partial charge in [0.2, 0.25) is 0 Å². The van der Waals surface area contributed by atoms with Gasteiger partial charge in [0.25, 0.3) is 0 Å². The topological polar surface area (TPSA) is 77.5 Å². The molecule has 0 amide bonds. The summed E-state index contributed by atoms with van der Waals surface area (Å²) in [7, 11) is -4.10. The molecule has 120 valence electrons. The third kappa shape index (κ3) is 4.05. The van der Waals surface area contributed by atoms with Crippen molar-refractivity contribution >= 4 is 37.6 Å². The van der Waals surface area contributed by atoms with Crippen LogP contribution in [0.15, 0.2) is 51.8 Å². The van der Waals surface area contributed by atoms with E-state index >= 15 is 0 Å². The van der Waals surface area contributed by atoms with Crippen LogP contribution in [0, 0.1) is 0 Å². The van der Waals surface area contributed by atoms with Crippen molar-refractivity contribution in [2.45, 2.75) is 18.7 Å². The van der Waals surface area contributed by atoms with Gasteiger partial charge in [0.15, 0.2) is 17.3 Å². The molecule has 0 atom stereocenters. The van der Waals surface area contributed by atoms with Gasteiger partial charge in [-0.3, -0.25) is 9.59 Å². The molecule has 0 radical (unpaired) electrons. The molecule has 0 bridgehead atoms. The fraction of sp³-hybridized carbons (Fsp3) is 0.125. The Morgan fingerprint density at radius 1 is 0.957 bits per heavy atom. The van der Waals surface area contributed by atoms with E-state index < -0.39 is 10.1 Å². The maximum Gasteiger partial charge on any atom is 0.339 e. The first-order chi connectivity index (χ1) is 10.7. The van der Waals surface area contributed by atoms with E-state index in [2.05, 4.69) is 15.9 Å². The average Bonchev–Trinajstić information content (AvgIpc) is 2.48. The van der Waals surface area contributed by atoms with E-state index in [0.29, 0.717) is 10.0 Å². The van der Waals surface area contributed by atoms with Crippen LogP contribution in [0.4, 0.5) is 0 Å². The van der Waals surface area contributed by atoms with Gasteiger partial charge in [-0.25, -0.2) is 0 Å². The molecule has 0 aromatic heterocycles. The van der Waals surface area contributed by atoms with Crippen LogP contribution >= 0.6 is 15.9 Å². The molecule has 7 heteroatoms. The first-order valence-corrected chi connectivity index (χ1v) is 8.77. The lowest BCUT2D eigenvalue weighted by Crippen LogP contribution is -2.12. The molecule has 0 saturated carbocycles. The summed E-state index contributed by atoms with van der Waals surface area (Å²) in [5, 5.41) is 0. The standard InChI is InChI=1S/C16H13BrO5S/c1-10(18)12-3-6-14(7-4-12)23(20,21)22-16-8-5-13(17)9-15(16)11(2)19/h3-9H,1-2H3. The first-order valence-electron chi connectivity index (χ1n) is 6.56. The summed E-state index contributed by atoms with van der Waals surface area (Å²) in [4.78, 5) is 22.8. The minimum absolute atomic E-state index is 0.0451. The second kappa shape index (κ2) is 6.64. The Labute approximate surface area is 142 Å². The van der Waals surface area contributed by atoms with Gasteiger partial charge in [0.1, 0.15) is 4.90 Å². The zero-order valence-corrected chi connectivity index (χ0v) is 14.8. The summed E-state index contributed by atoms with van der Waals surface area (Å²) in [6.45, 7) is 2.71. The molecule has 5 nitrogen and oxygen atoms in total. The number of hydrogen-bond acceptors (Lipinski definition) is 5. The van der Waals surface area contributed by atoms with Gasteiger partial charge in [-0.2, -0.15) is 8.42 Å². The lowest BCUT2D eigenvalue weighted by atomic mass is 10.1. The van der Waals surface area contributed by atoms with Crippen molar-refractivity contribution < 1.29 is 22.2 Å². The predicted molar refractivity (Wildman–Crippen MR) is 88.4 cm³/mol. The summed E-state index contributed by atoms with van der Waals surface area (Å²) >= 11 is 3.22. The highest BCUT2D eigenvalue weighted by molar-refractivity contribution is 9.10. The smallest absolute Gasteiger partial charge is 0.339 e. The van der Waals surface area contributed by atoms with E-state index in [0.717, 1.165) is 0 Å². The van der Waals surface area contributed by atoms with Crippen LogP contribution in [0.5, 0.6) is 5.75 Å². The van der Waals surface area contributed by atoms with Gasteiger partial charge in [-0.1, -0.05) is 28.1 Å². The molecule has 0 heterocycles. The molecule has 2 aromatic carbocycles. The van der Waals surface area contributed by atoms with Crippen LogP contribution in [-0.2, 0) is 10.1 Å². The Kier molecular flexibility index (Phi) is 5.01. The highest BCUT2D eigenvalue weighted by Gasteiger charge is 2.20. The largest absolute Gasteiger partial charge is 0.378 e. The molecular formula is C16H13BrO5S. The molecule has 2 rings (SSSR count). The summed E-state index contributed by atoms with van der Waals surface area (Å²) in [5.74, 6) is -0.526. The number of carbonyl (C=O) groups excluding carboxylic acids is 2. The average molecular weight is 397 g/mol. The maximum atomic E-state index is 12.3. The minimum atomic E-state index is -4.10. The number of rotatable bonds is 5. The molecule has 0 spiro atoms. The van der Waals surface area contributed by atoms with Crippen molar-refractivity contribution in [2.24, 2.45) is 0 Å². The van der Waals surface area contributed by atoms with Crippen molar-refractivity contribution in [2.75, 3.05) is 0 Å². The highest BCUT2D eigenvalue weighted by atomic mass is 79.9. The Hall–Kier alpha value is -1.99. The van der Waals surface area contributed by atoms with Crippen LogP contribution < -0.4 is 4.18 Å². The zero-order valence-electron chi connectivity index (χ0n) is 12.4. The summed E-state index contributed by atoms with van der Waals surface area (Å²) < 4.78 is 30.3. The quantitative estimate of drug-likeness (QED) is 0.569. The Balaban J connectivity index is 2.39. The Morgan fingerprint density at radius 3 is 2.09 bits per heavy atom. The van der Waals surface area contributed by atoms with Crippen molar-refractivity contribution in [3.05, 3.63) is 58.1 Å². The van der Waals surface area contributed by atoms with E-state index in [4.69, 9.17) is 4.18 Å². The summed E-state index contributed by atoms with van der Waals surface area (Å²) in [5.41, 5.74) is 0.556. The van der Waals surface area contributed by atoms with Crippen LogP contribution in [0.3, 0.4) is 0 Å². The summed E-state index contributed by atoms with van der Waals surface area (Å²) in [6, 6.07) is 9.87. The van der Waals surface area contributed by atoms with E-state index in [1.807, 2.05) is 0 Å². The van der Waals surface area contributed by atoms with Gasteiger partial charge in [0, 0.05) is 10.0 Å². The highest BCUT2D eigenvalue weighted by Crippen LogP contribution is 2.27. The van der Waals surface area contributed by atoms with E-state index in [1.54, 1.807) is 6.07 Å². The zero-order chi connectivity index (χ0) is 17.2. The summed E-state index contributed by atoms with van der Waals surface area (Å²) in [6.07, 6.45) is 0. The SMILES string of the molecule is CC(=O)c1ccc(S(=O)(=O)Oc2ccc(Br)cc2C(C)=O)cc1. The number of halogens is 1. The number of benzene rings is 2. The predicted octanol–water partition coefficient (Wildman–Crippen LogP) is 3.62. The number of Topliss-reactive ketones (excluding diaryl/α,β-unsaturated/α-hetero) is 2. The molecule has 0 fully saturated rings. The van der Waals surface area contributed by atoms with Crippen LogP contribution in [0.2, 0.25) is 0 Å². The molecule has 23 heavy (non-hydrogen) atoms. The third-order valence-corrected chi connectivity index (χ3v) is 4.81. The van der Waals surface area contributed by atoms with Crippen LogP contribution in [0.25, 0.3) is 0 Å². The molecule has 0 aliphatic heterocycles. The monoisotopic (exact) mass is 396 g/mol. The lowest BCUT2D eigenvalue weighted by molar-refractivity contribution is 0.100.